The van der Waals surface area contributed by atoms with E-state index in [0.717, 1.165) is 49.1 Å². The summed E-state index contributed by atoms with van der Waals surface area (Å²) in [4.78, 5) is 20.0. The molecule has 2 unspecified atom stereocenters. The number of hydrogen-bond acceptors (Lipinski definition) is 3. The fraction of sp³-hybridized carbons (Fsp3) is 0.350. The van der Waals surface area contributed by atoms with Crippen molar-refractivity contribution in [2.45, 2.75) is 18.9 Å². The first kappa shape index (κ1) is 15.2. The largest absolute Gasteiger partial charge is 0.381 e. The highest BCUT2D eigenvalue weighted by Crippen LogP contribution is 2.42. The molecule has 0 bridgehead atoms. The zero-order valence-electron chi connectivity index (χ0n) is 13.9. The highest BCUT2D eigenvalue weighted by molar-refractivity contribution is 7.10. The van der Waals surface area contributed by atoms with Gasteiger partial charge < -0.3 is 14.6 Å². The molecule has 3 aromatic rings. The number of ether oxygens (including phenoxy) is 1. The third-order valence-corrected chi connectivity index (χ3v) is 6.51. The summed E-state index contributed by atoms with van der Waals surface area (Å²) in [6.45, 7) is 2.34. The lowest BCUT2D eigenvalue weighted by Gasteiger charge is -2.38. The molecule has 0 aliphatic carbocycles. The first-order valence-electron chi connectivity index (χ1n) is 8.83. The SMILES string of the molecule is O=C(c1ccc2[nH]ccc2c1)N1CCc2ccsc2C1C1CCOC1. The molecule has 5 rings (SSSR count). The first-order chi connectivity index (χ1) is 12.3. The molecule has 1 amide bonds. The van der Waals surface area contributed by atoms with Gasteiger partial charge in [-0.3, -0.25) is 4.79 Å². The molecule has 1 N–H and O–H groups in total. The summed E-state index contributed by atoms with van der Waals surface area (Å²) in [6.07, 6.45) is 3.89. The second-order valence-electron chi connectivity index (χ2n) is 6.91. The molecule has 128 valence electrons. The van der Waals surface area contributed by atoms with Gasteiger partial charge in [0, 0.05) is 46.6 Å². The molecule has 4 nitrogen and oxygen atoms in total. The van der Waals surface area contributed by atoms with Gasteiger partial charge in [-0.1, -0.05) is 0 Å². The smallest absolute Gasteiger partial charge is 0.254 e. The third kappa shape index (κ3) is 2.50. The number of carbonyl (C=O) groups excluding carboxylic acids is 1. The van der Waals surface area contributed by atoms with Crippen molar-refractivity contribution < 1.29 is 9.53 Å². The molecular formula is C20H20N2O2S. The van der Waals surface area contributed by atoms with E-state index in [9.17, 15) is 4.79 Å². The van der Waals surface area contributed by atoms with Crippen molar-refractivity contribution in [1.29, 1.82) is 0 Å². The Bertz CT molecular complexity index is 923. The lowest BCUT2D eigenvalue weighted by molar-refractivity contribution is 0.0569. The summed E-state index contributed by atoms with van der Waals surface area (Å²) in [5, 5.41) is 3.24. The molecule has 2 aliphatic heterocycles. The van der Waals surface area contributed by atoms with Crippen LogP contribution in [0.1, 0.15) is 33.3 Å². The number of rotatable bonds is 2. The van der Waals surface area contributed by atoms with E-state index in [0.29, 0.717) is 5.92 Å². The van der Waals surface area contributed by atoms with Gasteiger partial charge >= 0.3 is 0 Å². The predicted molar refractivity (Wildman–Crippen MR) is 99.0 cm³/mol. The number of nitrogens with one attached hydrogen (secondary N) is 1. The Balaban J connectivity index is 1.53. The zero-order chi connectivity index (χ0) is 16.8. The van der Waals surface area contributed by atoms with E-state index in [1.165, 1.54) is 10.4 Å². The summed E-state index contributed by atoms with van der Waals surface area (Å²) in [6, 6.07) is 10.3. The van der Waals surface area contributed by atoms with Crippen LogP contribution < -0.4 is 0 Å². The van der Waals surface area contributed by atoms with Crippen molar-refractivity contribution in [3.05, 3.63) is 57.9 Å². The van der Waals surface area contributed by atoms with Crippen LogP contribution >= 0.6 is 11.3 Å². The Morgan fingerprint density at radius 1 is 1.28 bits per heavy atom. The molecule has 0 saturated carbocycles. The van der Waals surface area contributed by atoms with Crippen LogP contribution in [0.5, 0.6) is 0 Å². The normalized spacial score (nSPS) is 23.1. The maximum Gasteiger partial charge on any atom is 0.254 e. The minimum atomic E-state index is 0.138. The maximum atomic E-state index is 13.3. The Morgan fingerprint density at radius 2 is 2.24 bits per heavy atom. The van der Waals surface area contributed by atoms with E-state index < -0.39 is 0 Å². The molecule has 0 radical (unpaired) electrons. The Labute approximate surface area is 150 Å². The summed E-state index contributed by atoms with van der Waals surface area (Å²) < 4.78 is 5.65. The van der Waals surface area contributed by atoms with Gasteiger partial charge in [0.1, 0.15) is 0 Å². The van der Waals surface area contributed by atoms with Gasteiger partial charge in [-0.05, 0) is 54.1 Å². The van der Waals surface area contributed by atoms with E-state index in [4.69, 9.17) is 4.74 Å². The molecule has 1 saturated heterocycles. The van der Waals surface area contributed by atoms with Gasteiger partial charge in [-0.25, -0.2) is 0 Å². The van der Waals surface area contributed by atoms with Crippen LogP contribution in [0.4, 0.5) is 0 Å². The fourth-order valence-electron chi connectivity index (χ4n) is 4.19. The molecule has 2 atom stereocenters. The second-order valence-corrected chi connectivity index (χ2v) is 7.85. The summed E-state index contributed by atoms with van der Waals surface area (Å²) in [5.74, 6) is 0.539. The number of H-pyrrole nitrogens is 1. The number of fused-ring (bicyclic) bond motifs is 2. The van der Waals surface area contributed by atoms with E-state index in [2.05, 4.69) is 21.3 Å². The van der Waals surface area contributed by atoms with E-state index in [-0.39, 0.29) is 11.9 Å². The molecule has 2 aromatic heterocycles. The van der Waals surface area contributed by atoms with E-state index in [1.54, 1.807) is 11.3 Å². The molecule has 0 spiro atoms. The van der Waals surface area contributed by atoms with Crippen molar-refractivity contribution in [2.24, 2.45) is 5.92 Å². The van der Waals surface area contributed by atoms with Crippen LogP contribution in [0.3, 0.4) is 0 Å². The lowest BCUT2D eigenvalue weighted by Crippen LogP contribution is -2.42. The van der Waals surface area contributed by atoms with Crippen LogP contribution in [0, 0.1) is 5.92 Å². The second kappa shape index (κ2) is 6.00. The standard InChI is InChI=1S/C20H20N2O2S/c23-20(15-1-2-17-14(11-15)3-7-21-17)22-8-4-13-6-10-25-19(13)18(22)16-5-9-24-12-16/h1-3,6-7,10-11,16,18,21H,4-5,8-9,12H2. The lowest BCUT2D eigenvalue weighted by atomic mass is 9.89. The van der Waals surface area contributed by atoms with Crippen molar-refractivity contribution in [3.63, 3.8) is 0 Å². The summed E-state index contributed by atoms with van der Waals surface area (Å²) in [7, 11) is 0. The van der Waals surface area contributed by atoms with Crippen LogP contribution in [-0.2, 0) is 11.2 Å². The van der Waals surface area contributed by atoms with Gasteiger partial charge in [0.25, 0.3) is 5.91 Å². The van der Waals surface area contributed by atoms with Gasteiger partial charge in [0.2, 0.25) is 0 Å². The molecule has 5 heteroatoms. The first-order valence-corrected chi connectivity index (χ1v) is 9.71. The molecule has 1 aromatic carbocycles. The molecular weight excluding hydrogens is 332 g/mol. The average Bonchev–Trinajstić information content (AvgIpc) is 3.40. The van der Waals surface area contributed by atoms with Gasteiger partial charge in [-0.15, -0.1) is 11.3 Å². The minimum absolute atomic E-state index is 0.138. The van der Waals surface area contributed by atoms with Crippen LogP contribution in [-0.4, -0.2) is 35.5 Å². The Kier molecular flexibility index (Phi) is 3.64. The van der Waals surface area contributed by atoms with Crippen LogP contribution in [0.25, 0.3) is 10.9 Å². The van der Waals surface area contributed by atoms with Crippen molar-refractivity contribution in [2.75, 3.05) is 19.8 Å². The van der Waals surface area contributed by atoms with Crippen molar-refractivity contribution in [3.8, 4) is 0 Å². The third-order valence-electron chi connectivity index (χ3n) is 5.48. The topological polar surface area (TPSA) is 45.3 Å². The molecule has 1 fully saturated rings. The van der Waals surface area contributed by atoms with Crippen molar-refractivity contribution in [1.82, 2.24) is 9.88 Å². The number of carbonyl (C=O) groups is 1. The fourth-order valence-corrected chi connectivity index (χ4v) is 5.34. The van der Waals surface area contributed by atoms with Gasteiger partial charge in [0.15, 0.2) is 0 Å². The zero-order valence-corrected chi connectivity index (χ0v) is 14.7. The number of hydrogen-bond donors (Lipinski definition) is 1. The number of thiophene rings is 1. The Morgan fingerprint density at radius 3 is 3.12 bits per heavy atom. The number of benzene rings is 1. The van der Waals surface area contributed by atoms with Crippen LogP contribution in [0.15, 0.2) is 41.9 Å². The molecule has 2 aliphatic rings. The monoisotopic (exact) mass is 352 g/mol. The van der Waals surface area contributed by atoms with E-state index in [1.807, 2.05) is 30.5 Å². The number of aromatic amines is 1. The quantitative estimate of drug-likeness (QED) is 0.757. The number of nitrogens with zero attached hydrogens (tertiary/aromatic N) is 1. The Hall–Kier alpha value is -2.11. The van der Waals surface area contributed by atoms with Gasteiger partial charge in [0.05, 0.1) is 12.6 Å². The molecule has 4 heterocycles. The minimum Gasteiger partial charge on any atom is -0.381 e. The van der Waals surface area contributed by atoms with Gasteiger partial charge in [-0.2, -0.15) is 0 Å². The highest BCUT2D eigenvalue weighted by atomic mass is 32.1. The average molecular weight is 352 g/mol. The maximum absolute atomic E-state index is 13.3. The summed E-state index contributed by atoms with van der Waals surface area (Å²) >= 11 is 1.79. The van der Waals surface area contributed by atoms with Crippen LogP contribution in [0.2, 0.25) is 0 Å². The number of aromatic nitrogens is 1. The highest BCUT2D eigenvalue weighted by Gasteiger charge is 2.39. The summed E-state index contributed by atoms with van der Waals surface area (Å²) in [5.41, 5.74) is 3.25. The predicted octanol–water partition coefficient (Wildman–Crippen LogP) is 4.01. The number of amides is 1. The molecule has 25 heavy (non-hydrogen) atoms. The van der Waals surface area contributed by atoms with Crippen molar-refractivity contribution >= 4 is 28.1 Å². The van der Waals surface area contributed by atoms with E-state index >= 15 is 0 Å².